The van der Waals surface area contributed by atoms with Crippen molar-refractivity contribution in [3.63, 3.8) is 0 Å². The van der Waals surface area contributed by atoms with Gasteiger partial charge in [-0.05, 0) is 37.0 Å². The van der Waals surface area contributed by atoms with E-state index in [-0.39, 0.29) is 18.1 Å². The molecule has 1 amide bonds. The van der Waals surface area contributed by atoms with Gasteiger partial charge in [-0.15, -0.1) is 0 Å². The molecule has 0 bridgehead atoms. The fraction of sp³-hybridized carbons (Fsp3) is 0.222. The van der Waals surface area contributed by atoms with Gasteiger partial charge in [0.15, 0.2) is 5.65 Å². The van der Waals surface area contributed by atoms with Crippen LogP contribution in [0.25, 0.3) is 33.2 Å². The molecule has 1 aliphatic rings. The summed E-state index contributed by atoms with van der Waals surface area (Å²) in [5.74, 6) is 0.205. The van der Waals surface area contributed by atoms with Gasteiger partial charge in [0.1, 0.15) is 17.8 Å². The highest BCUT2D eigenvalue weighted by Gasteiger charge is 2.28. The number of carbonyl (C=O) groups excluding carboxylic acids is 1. The van der Waals surface area contributed by atoms with Crippen molar-refractivity contribution in [1.82, 2.24) is 30.0 Å². The number of hydrogen-bond acceptors (Lipinski definition) is 7. The third kappa shape index (κ3) is 3.93. The summed E-state index contributed by atoms with van der Waals surface area (Å²) in [6, 6.07) is 17.3. The van der Waals surface area contributed by atoms with Crippen LogP contribution in [0.15, 0.2) is 67.1 Å². The summed E-state index contributed by atoms with van der Waals surface area (Å²) >= 11 is 0. The quantitative estimate of drug-likeness (QED) is 0.351. The van der Waals surface area contributed by atoms with E-state index in [1.165, 1.54) is 6.33 Å². The zero-order valence-corrected chi connectivity index (χ0v) is 19.5. The van der Waals surface area contributed by atoms with Gasteiger partial charge in [-0.2, -0.15) is 5.10 Å². The first-order valence-electron chi connectivity index (χ1n) is 12.0. The monoisotopic (exact) mass is 479 g/mol. The molecular formula is C27H25N7O2. The van der Waals surface area contributed by atoms with E-state index in [9.17, 15) is 9.90 Å². The molecule has 9 heteroatoms. The fourth-order valence-corrected chi connectivity index (χ4v) is 4.95. The van der Waals surface area contributed by atoms with Gasteiger partial charge in [-0.3, -0.25) is 9.78 Å². The molecular weight excluding hydrogens is 454 g/mol. The number of nitrogen functional groups attached to an aromatic ring is 1. The number of rotatable bonds is 5. The summed E-state index contributed by atoms with van der Waals surface area (Å²) in [7, 11) is 0. The van der Waals surface area contributed by atoms with Crippen LogP contribution < -0.4 is 11.1 Å². The molecule has 9 nitrogen and oxygen atoms in total. The second kappa shape index (κ2) is 9.01. The third-order valence-electron chi connectivity index (χ3n) is 6.80. The minimum absolute atomic E-state index is 0.0728. The Morgan fingerprint density at radius 1 is 1.06 bits per heavy atom. The topological polar surface area (TPSA) is 132 Å². The highest BCUT2D eigenvalue weighted by molar-refractivity contribution is 6.05. The first-order chi connectivity index (χ1) is 17.6. The van der Waals surface area contributed by atoms with Gasteiger partial charge < -0.3 is 16.2 Å². The molecule has 3 aromatic heterocycles. The van der Waals surface area contributed by atoms with Gasteiger partial charge in [0.05, 0.1) is 28.6 Å². The number of aromatic nitrogens is 5. The highest BCUT2D eigenvalue weighted by Crippen LogP contribution is 2.36. The molecule has 2 aromatic carbocycles. The Labute approximate surface area is 207 Å². The Balaban J connectivity index is 1.24. The van der Waals surface area contributed by atoms with Crippen LogP contribution in [0.5, 0.6) is 0 Å². The van der Waals surface area contributed by atoms with Gasteiger partial charge in [0.25, 0.3) is 5.91 Å². The van der Waals surface area contributed by atoms with Gasteiger partial charge in [0, 0.05) is 23.7 Å². The Kier molecular flexibility index (Phi) is 5.54. The first kappa shape index (κ1) is 22.1. The Hall–Kier alpha value is -4.37. The largest absolute Gasteiger partial charge is 0.393 e. The van der Waals surface area contributed by atoms with E-state index in [1.807, 2.05) is 53.2 Å². The van der Waals surface area contributed by atoms with Gasteiger partial charge in [-0.25, -0.2) is 14.6 Å². The highest BCUT2D eigenvalue weighted by atomic mass is 16.3. The van der Waals surface area contributed by atoms with E-state index in [2.05, 4.69) is 20.3 Å². The lowest BCUT2D eigenvalue weighted by Crippen LogP contribution is -2.23. The van der Waals surface area contributed by atoms with Crippen LogP contribution in [-0.4, -0.2) is 41.9 Å². The van der Waals surface area contributed by atoms with E-state index >= 15 is 0 Å². The molecule has 4 N–H and O–H groups in total. The van der Waals surface area contributed by atoms with Crippen molar-refractivity contribution >= 4 is 33.7 Å². The summed E-state index contributed by atoms with van der Waals surface area (Å²) in [6.45, 7) is 0.378. The molecule has 1 aliphatic carbocycles. The van der Waals surface area contributed by atoms with Crippen molar-refractivity contribution in [1.29, 1.82) is 0 Å². The molecule has 36 heavy (non-hydrogen) atoms. The zero-order chi connectivity index (χ0) is 24.6. The number of anilines is 1. The molecule has 6 rings (SSSR count). The number of hydrogen-bond donors (Lipinski definition) is 3. The molecule has 0 aliphatic heterocycles. The van der Waals surface area contributed by atoms with Crippen molar-refractivity contribution in [2.75, 3.05) is 5.73 Å². The van der Waals surface area contributed by atoms with Crippen molar-refractivity contribution in [3.05, 3.63) is 78.2 Å². The van der Waals surface area contributed by atoms with Crippen LogP contribution >= 0.6 is 0 Å². The molecule has 5 aromatic rings. The van der Waals surface area contributed by atoms with Crippen molar-refractivity contribution < 1.29 is 9.90 Å². The van der Waals surface area contributed by atoms with Crippen molar-refractivity contribution in [2.24, 2.45) is 0 Å². The number of aliphatic hydroxyl groups is 1. The molecule has 0 spiro atoms. The lowest BCUT2D eigenvalue weighted by atomic mass is 10.1. The van der Waals surface area contributed by atoms with Crippen LogP contribution in [0.2, 0.25) is 0 Å². The van der Waals surface area contributed by atoms with Gasteiger partial charge >= 0.3 is 0 Å². The lowest BCUT2D eigenvalue weighted by molar-refractivity contribution is 0.0952. The number of pyridine rings is 1. The summed E-state index contributed by atoms with van der Waals surface area (Å²) in [5, 5.41) is 19.5. The zero-order valence-electron chi connectivity index (χ0n) is 19.5. The Morgan fingerprint density at radius 3 is 2.69 bits per heavy atom. The predicted octanol–water partition coefficient (Wildman–Crippen LogP) is 3.64. The van der Waals surface area contributed by atoms with Gasteiger partial charge in [-0.1, -0.05) is 42.5 Å². The van der Waals surface area contributed by atoms with Crippen LogP contribution in [0.4, 0.5) is 5.82 Å². The summed E-state index contributed by atoms with van der Waals surface area (Å²) in [4.78, 5) is 25.8. The minimum Gasteiger partial charge on any atom is -0.393 e. The second-order valence-corrected chi connectivity index (χ2v) is 9.13. The average Bonchev–Trinajstić information content (AvgIpc) is 3.51. The number of para-hydroxylation sites is 1. The number of nitrogens with one attached hydrogen (secondary N) is 1. The number of benzene rings is 2. The lowest BCUT2D eigenvalue weighted by Gasteiger charge is -2.10. The van der Waals surface area contributed by atoms with E-state index in [1.54, 1.807) is 12.3 Å². The maximum Gasteiger partial charge on any atom is 0.253 e. The minimum atomic E-state index is -0.323. The first-order valence-corrected chi connectivity index (χ1v) is 12.0. The fourth-order valence-electron chi connectivity index (χ4n) is 4.95. The molecule has 0 radical (unpaired) electrons. The number of aliphatic hydroxyl groups excluding tert-OH is 1. The Morgan fingerprint density at radius 2 is 1.89 bits per heavy atom. The van der Waals surface area contributed by atoms with Crippen LogP contribution in [0.1, 0.15) is 41.2 Å². The second-order valence-electron chi connectivity index (χ2n) is 9.13. The third-order valence-corrected chi connectivity index (χ3v) is 6.80. The van der Waals surface area contributed by atoms with Crippen molar-refractivity contribution in [3.8, 4) is 11.3 Å². The smallest absolute Gasteiger partial charge is 0.253 e. The molecule has 3 heterocycles. The van der Waals surface area contributed by atoms with E-state index < -0.39 is 0 Å². The summed E-state index contributed by atoms with van der Waals surface area (Å²) in [6.07, 6.45) is 5.04. The summed E-state index contributed by atoms with van der Waals surface area (Å²) < 4.78 is 1.88. The number of nitrogens with zero attached hydrogens (tertiary/aromatic N) is 5. The molecule has 1 fully saturated rings. The molecule has 2 atom stereocenters. The van der Waals surface area contributed by atoms with Crippen molar-refractivity contribution in [2.45, 2.75) is 38.0 Å². The standard InChI is InChI=1S/C27H25N7O2/c28-25-22-24(33-34(26(22)32-15-31-25)19-10-11-20(35)13-19)18-8-6-16(7-9-18)14-30-27(36)21-5-1-3-17-4-2-12-29-23(17)21/h1-9,12,15,19-20,35H,10-11,13-14H2,(H,30,36)(H2,28,31,32). The maximum absolute atomic E-state index is 12.8. The Bertz CT molecular complexity index is 1570. The number of nitrogens with two attached hydrogens (primary N) is 1. The number of amides is 1. The SMILES string of the molecule is Nc1ncnc2c1c(-c1ccc(CNC(=O)c3cccc4cccnc34)cc1)nn2C1CCC(O)C1. The predicted molar refractivity (Wildman–Crippen MR) is 137 cm³/mol. The molecule has 1 saturated carbocycles. The van der Waals surface area contributed by atoms with E-state index in [4.69, 9.17) is 10.8 Å². The van der Waals surface area contributed by atoms with E-state index in [0.717, 1.165) is 29.4 Å². The molecule has 2 unspecified atom stereocenters. The van der Waals surface area contributed by atoms with Gasteiger partial charge in [0.2, 0.25) is 0 Å². The summed E-state index contributed by atoms with van der Waals surface area (Å²) in [5.41, 5.74) is 10.7. The van der Waals surface area contributed by atoms with Crippen LogP contribution in [-0.2, 0) is 6.54 Å². The van der Waals surface area contributed by atoms with Crippen LogP contribution in [0.3, 0.4) is 0 Å². The normalized spacial score (nSPS) is 17.6. The van der Waals surface area contributed by atoms with Crippen LogP contribution in [0, 0.1) is 0 Å². The number of carbonyl (C=O) groups is 1. The molecule has 180 valence electrons. The maximum atomic E-state index is 12.8. The van der Waals surface area contributed by atoms with E-state index in [0.29, 0.717) is 46.6 Å². The number of fused-ring (bicyclic) bond motifs is 2. The average molecular weight is 480 g/mol. The molecule has 0 saturated heterocycles.